The van der Waals surface area contributed by atoms with Gasteiger partial charge in [-0.1, -0.05) is 30.8 Å². The molecule has 0 fully saturated rings. The predicted molar refractivity (Wildman–Crippen MR) is 75.9 cm³/mol. The van der Waals surface area contributed by atoms with Crippen LogP contribution in [-0.2, 0) is 0 Å². The van der Waals surface area contributed by atoms with Gasteiger partial charge in [0.15, 0.2) is 4.34 Å². The molecule has 88 valence electrons. The molecule has 1 aromatic heterocycles. The lowest BCUT2D eigenvalue weighted by Gasteiger charge is -2.04. The molecule has 0 unspecified atom stereocenters. The van der Waals surface area contributed by atoms with Gasteiger partial charge >= 0.3 is 0 Å². The van der Waals surface area contributed by atoms with Crippen LogP contribution in [0.2, 0.25) is 0 Å². The Bertz CT molecular complexity index is 411. The van der Waals surface area contributed by atoms with E-state index < -0.39 is 0 Å². The highest BCUT2D eigenvalue weighted by Crippen LogP contribution is 2.29. The molecular weight excluding hydrogens is 260 g/mol. The van der Waals surface area contributed by atoms with Gasteiger partial charge in [-0.05, 0) is 18.6 Å². The Morgan fingerprint density at radius 2 is 2.19 bits per heavy atom. The zero-order valence-corrected chi connectivity index (χ0v) is 11.5. The van der Waals surface area contributed by atoms with E-state index in [0.717, 1.165) is 22.0 Å². The Morgan fingerprint density at radius 1 is 1.44 bits per heavy atom. The van der Waals surface area contributed by atoms with Gasteiger partial charge in [-0.15, -0.1) is 23.7 Å². The molecule has 0 bridgehead atoms. The van der Waals surface area contributed by atoms with Crippen molar-refractivity contribution in [3.05, 3.63) is 24.3 Å². The first-order valence-corrected chi connectivity index (χ1v) is 6.83. The molecule has 0 aliphatic carbocycles. The van der Waals surface area contributed by atoms with Crippen molar-refractivity contribution in [3.63, 3.8) is 0 Å². The number of fused-ring (bicyclic) bond motifs is 1. The van der Waals surface area contributed by atoms with Gasteiger partial charge in [0.25, 0.3) is 0 Å². The quantitative estimate of drug-likeness (QED) is 0.867. The second-order valence-electron chi connectivity index (χ2n) is 3.43. The average molecular weight is 275 g/mol. The van der Waals surface area contributed by atoms with Crippen LogP contribution >= 0.6 is 35.5 Å². The lowest BCUT2D eigenvalue weighted by molar-refractivity contribution is 0.725. The first-order valence-electron chi connectivity index (χ1n) is 5.03. The highest BCUT2D eigenvalue weighted by molar-refractivity contribution is 8.01. The molecule has 0 aliphatic rings. The van der Waals surface area contributed by atoms with Crippen LogP contribution in [0.25, 0.3) is 10.2 Å². The summed E-state index contributed by atoms with van der Waals surface area (Å²) in [7, 11) is 0. The highest BCUT2D eigenvalue weighted by Gasteiger charge is 2.05. The molecule has 0 aliphatic heterocycles. The monoisotopic (exact) mass is 274 g/mol. The van der Waals surface area contributed by atoms with Crippen LogP contribution in [0.5, 0.6) is 0 Å². The number of thioether (sulfide) groups is 1. The summed E-state index contributed by atoms with van der Waals surface area (Å²) in [6, 6.07) is 8.51. The molecule has 16 heavy (non-hydrogen) atoms. The minimum atomic E-state index is 0. The topological polar surface area (TPSA) is 38.9 Å². The fourth-order valence-corrected chi connectivity index (χ4v) is 3.37. The Labute approximate surface area is 110 Å². The number of thiazole rings is 1. The number of para-hydroxylation sites is 1. The molecular formula is C11H15ClN2S2. The van der Waals surface area contributed by atoms with Gasteiger partial charge in [-0.2, -0.15) is 0 Å². The number of aromatic nitrogens is 1. The zero-order chi connectivity index (χ0) is 10.7. The molecule has 2 nitrogen and oxygen atoms in total. The molecule has 0 saturated carbocycles. The van der Waals surface area contributed by atoms with Crippen LogP contribution in [0.1, 0.15) is 13.3 Å². The van der Waals surface area contributed by atoms with Crippen LogP contribution in [0.4, 0.5) is 0 Å². The number of hydrogen-bond donors (Lipinski definition) is 1. The smallest absolute Gasteiger partial charge is 0.151 e. The number of halogens is 1. The number of nitrogens with zero attached hydrogens (tertiary/aromatic N) is 1. The van der Waals surface area contributed by atoms with Crippen molar-refractivity contribution < 1.29 is 0 Å². The molecule has 5 heteroatoms. The van der Waals surface area contributed by atoms with Crippen LogP contribution in [-0.4, -0.2) is 16.8 Å². The van der Waals surface area contributed by atoms with Gasteiger partial charge < -0.3 is 5.73 Å². The van der Waals surface area contributed by atoms with Gasteiger partial charge in [0, 0.05) is 11.8 Å². The normalized spacial score (nSPS) is 12.4. The molecule has 1 aromatic carbocycles. The van der Waals surface area contributed by atoms with Crippen LogP contribution < -0.4 is 5.73 Å². The fourth-order valence-electron chi connectivity index (χ4n) is 1.21. The van der Waals surface area contributed by atoms with E-state index in [0.29, 0.717) is 0 Å². The van der Waals surface area contributed by atoms with Gasteiger partial charge in [-0.25, -0.2) is 4.98 Å². The summed E-state index contributed by atoms with van der Waals surface area (Å²) in [5.41, 5.74) is 6.96. The first kappa shape index (κ1) is 13.8. The van der Waals surface area contributed by atoms with Crippen molar-refractivity contribution in [2.45, 2.75) is 23.7 Å². The molecule has 0 spiro atoms. The summed E-state index contributed by atoms with van der Waals surface area (Å²) >= 11 is 3.51. The van der Waals surface area contributed by atoms with Gasteiger partial charge in [0.05, 0.1) is 10.2 Å². The van der Waals surface area contributed by atoms with Gasteiger partial charge in [-0.3, -0.25) is 0 Å². The molecule has 0 radical (unpaired) electrons. The zero-order valence-electron chi connectivity index (χ0n) is 9.05. The van der Waals surface area contributed by atoms with E-state index in [-0.39, 0.29) is 18.4 Å². The van der Waals surface area contributed by atoms with Crippen molar-refractivity contribution in [2.75, 3.05) is 5.75 Å². The summed E-state index contributed by atoms with van der Waals surface area (Å²) in [6.07, 6.45) is 1.03. The van der Waals surface area contributed by atoms with Crippen molar-refractivity contribution in [3.8, 4) is 0 Å². The maximum atomic E-state index is 5.87. The fraction of sp³-hybridized carbons (Fsp3) is 0.364. The Balaban J connectivity index is 0.00000128. The Hall–Kier alpha value is -0.290. The molecule has 2 aromatic rings. The molecule has 0 saturated heterocycles. The van der Waals surface area contributed by atoms with Crippen LogP contribution in [0.3, 0.4) is 0 Å². The van der Waals surface area contributed by atoms with E-state index >= 15 is 0 Å². The van der Waals surface area contributed by atoms with Crippen molar-refractivity contribution in [1.82, 2.24) is 4.98 Å². The molecule has 1 atom stereocenters. The molecule has 2 N–H and O–H groups in total. The minimum absolute atomic E-state index is 0. The standard InChI is InChI=1S/C11H14N2S2.ClH/c1-2-8(12)7-14-11-13-9-5-3-4-6-10(9)15-11;/h3-6,8H,2,7,12H2,1H3;1H/t8-;/m0./s1. The summed E-state index contributed by atoms with van der Waals surface area (Å²) in [5, 5.41) is 0. The van der Waals surface area contributed by atoms with Crippen LogP contribution in [0.15, 0.2) is 28.6 Å². The second kappa shape index (κ2) is 6.45. The summed E-state index contributed by atoms with van der Waals surface area (Å²) < 4.78 is 2.38. The summed E-state index contributed by atoms with van der Waals surface area (Å²) in [4.78, 5) is 4.54. The SMILES string of the molecule is CC[C@H](N)CSc1nc2ccccc2s1.Cl. The Kier molecular flexibility index (Phi) is 5.55. The average Bonchev–Trinajstić information content (AvgIpc) is 2.68. The third-order valence-corrected chi connectivity index (χ3v) is 4.59. The van der Waals surface area contributed by atoms with Crippen molar-refractivity contribution in [2.24, 2.45) is 5.73 Å². The van der Waals surface area contributed by atoms with E-state index in [9.17, 15) is 0 Å². The lowest BCUT2D eigenvalue weighted by Crippen LogP contribution is -2.21. The summed E-state index contributed by atoms with van der Waals surface area (Å²) in [5.74, 6) is 0.955. The van der Waals surface area contributed by atoms with E-state index in [1.807, 2.05) is 12.1 Å². The maximum absolute atomic E-state index is 5.87. The number of nitrogens with two attached hydrogens (primary N) is 1. The Morgan fingerprint density at radius 3 is 2.88 bits per heavy atom. The minimum Gasteiger partial charge on any atom is -0.327 e. The highest BCUT2D eigenvalue weighted by atomic mass is 35.5. The molecule has 2 rings (SSSR count). The van der Waals surface area contributed by atoms with Crippen molar-refractivity contribution in [1.29, 1.82) is 0 Å². The summed E-state index contributed by atoms with van der Waals surface area (Å²) in [6.45, 7) is 2.11. The van der Waals surface area contributed by atoms with Gasteiger partial charge in [0.1, 0.15) is 0 Å². The van der Waals surface area contributed by atoms with Crippen molar-refractivity contribution >= 4 is 45.7 Å². The molecule has 1 heterocycles. The van der Waals surface area contributed by atoms with E-state index in [1.54, 1.807) is 23.1 Å². The van der Waals surface area contributed by atoms with Gasteiger partial charge in [0.2, 0.25) is 0 Å². The van der Waals surface area contributed by atoms with E-state index in [1.165, 1.54) is 4.70 Å². The largest absolute Gasteiger partial charge is 0.327 e. The third kappa shape index (κ3) is 3.35. The maximum Gasteiger partial charge on any atom is 0.151 e. The number of rotatable bonds is 4. The number of benzene rings is 1. The third-order valence-electron chi connectivity index (χ3n) is 2.22. The lowest BCUT2D eigenvalue weighted by atomic mass is 10.3. The van der Waals surface area contributed by atoms with Crippen LogP contribution in [0, 0.1) is 0 Å². The predicted octanol–water partition coefficient (Wildman–Crippen LogP) is 3.55. The molecule has 0 amide bonds. The first-order chi connectivity index (χ1) is 7.29. The van der Waals surface area contributed by atoms with E-state index in [4.69, 9.17) is 5.73 Å². The number of hydrogen-bond acceptors (Lipinski definition) is 4. The van der Waals surface area contributed by atoms with E-state index in [2.05, 4.69) is 24.0 Å². The second-order valence-corrected chi connectivity index (χ2v) is 5.72.